The first-order chi connectivity index (χ1) is 7.39. The molecule has 6 heteroatoms. The van der Waals surface area contributed by atoms with E-state index < -0.39 is 16.4 Å². The number of benzene rings is 1. The van der Waals surface area contributed by atoms with E-state index in [1.165, 1.54) is 32.2 Å². The fourth-order valence-corrected chi connectivity index (χ4v) is 1.33. The molecule has 0 aliphatic rings. The Morgan fingerprint density at radius 3 is 2.69 bits per heavy atom. The lowest BCUT2D eigenvalue weighted by Crippen LogP contribution is -2.47. The number of nitro groups is 1. The van der Waals surface area contributed by atoms with Gasteiger partial charge in [0.15, 0.2) is 0 Å². The molecular formula is C10H13N3O3. The summed E-state index contributed by atoms with van der Waals surface area (Å²) in [4.78, 5) is 21.6. The SMILES string of the molecule is CNC(=O)C(C)(N)c1cccc([N+](=O)[O-])c1. The van der Waals surface area contributed by atoms with E-state index in [9.17, 15) is 14.9 Å². The average Bonchev–Trinajstić information content (AvgIpc) is 2.28. The molecule has 0 saturated carbocycles. The van der Waals surface area contributed by atoms with Gasteiger partial charge in [0.05, 0.1) is 4.92 Å². The molecule has 0 aromatic heterocycles. The van der Waals surface area contributed by atoms with Gasteiger partial charge in [-0.05, 0) is 12.5 Å². The maximum Gasteiger partial charge on any atom is 0.269 e. The molecule has 3 N–H and O–H groups in total. The maximum absolute atomic E-state index is 11.5. The predicted octanol–water partition coefficient (Wildman–Crippen LogP) is 0.515. The molecule has 0 spiro atoms. The van der Waals surface area contributed by atoms with Crippen molar-refractivity contribution in [1.29, 1.82) is 0 Å². The van der Waals surface area contributed by atoms with Crippen LogP contribution in [0, 0.1) is 10.1 Å². The number of hydrogen-bond donors (Lipinski definition) is 2. The van der Waals surface area contributed by atoms with Crippen LogP contribution in [0.25, 0.3) is 0 Å². The van der Waals surface area contributed by atoms with Gasteiger partial charge in [-0.15, -0.1) is 0 Å². The molecule has 0 aliphatic heterocycles. The van der Waals surface area contributed by atoms with E-state index in [-0.39, 0.29) is 5.69 Å². The molecule has 0 bridgehead atoms. The zero-order chi connectivity index (χ0) is 12.3. The first-order valence-electron chi connectivity index (χ1n) is 4.65. The highest BCUT2D eigenvalue weighted by atomic mass is 16.6. The molecule has 0 aliphatic carbocycles. The quantitative estimate of drug-likeness (QED) is 0.576. The van der Waals surface area contributed by atoms with E-state index in [1.807, 2.05) is 0 Å². The van der Waals surface area contributed by atoms with Gasteiger partial charge in [0.2, 0.25) is 5.91 Å². The second kappa shape index (κ2) is 4.28. The summed E-state index contributed by atoms with van der Waals surface area (Å²) in [5.74, 6) is -0.395. The van der Waals surface area contributed by atoms with Gasteiger partial charge in [-0.25, -0.2) is 0 Å². The standard InChI is InChI=1S/C10H13N3O3/c1-10(11,9(14)12-2)7-4-3-5-8(6-7)13(15)16/h3-6H,11H2,1-2H3,(H,12,14). The molecule has 1 aromatic carbocycles. The summed E-state index contributed by atoms with van der Waals surface area (Å²) >= 11 is 0. The van der Waals surface area contributed by atoms with E-state index in [2.05, 4.69) is 5.32 Å². The molecule has 0 saturated heterocycles. The van der Waals surface area contributed by atoms with Crippen molar-refractivity contribution in [2.75, 3.05) is 7.05 Å². The Morgan fingerprint density at radius 1 is 1.56 bits per heavy atom. The number of amides is 1. The first kappa shape index (κ1) is 12.1. The predicted molar refractivity (Wildman–Crippen MR) is 58.7 cm³/mol. The second-order valence-electron chi connectivity index (χ2n) is 3.59. The third-order valence-electron chi connectivity index (χ3n) is 2.36. The lowest BCUT2D eigenvalue weighted by molar-refractivity contribution is -0.384. The van der Waals surface area contributed by atoms with Gasteiger partial charge in [0, 0.05) is 19.2 Å². The molecule has 0 fully saturated rings. The van der Waals surface area contributed by atoms with Crippen molar-refractivity contribution in [3.63, 3.8) is 0 Å². The second-order valence-corrected chi connectivity index (χ2v) is 3.59. The summed E-state index contributed by atoms with van der Waals surface area (Å²) in [5.41, 5.74) is 4.87. The lowest BCUT2D eigenvalue weighted by atomic mass is 9.92. The number of hydrogen-bond acceptors (Lipinski definition) is 4. The van der Waals surface area contributed by atoms with Crippen LogP contribution in [-0.2, 0) is 10.3 Å². The summed E-state index contributed by atoms with van der Waals surface area (Å²) in [7, 11) is 1.46. The molecule has 1 atom stereocenters. The molecule has 1 aromatic rings. The van der Waals surface area contributed by atoms with E-state index in [4.69, 9.17) is 5.73 Å². The van der Waals surface area contributed by atoms with Crippen LogP contribution in [0.4, 0.5) is 5.69 Å². The molecular weight excluding hydrogens is 210 g/mol. The van der Waals surface area contributed by atoms with E-state index in [0.717, 1.165) is 0 Å². The van der Waals surface area contributed by atoms with Gasteiger partial charge < -0.3 is 11.1 Å². The van der Waals surface area contributed by atoms with Gasteiger partial charge in [-0.1, -0.05) is 12.1 Å². The van der Waals surface area contributed by atoms with Crippen LogP contribution in [0.15, 0.2) is 24.3 Å². The van der Waals surface area contributed by atoms with Crippen LogP contribution in [0.3, 0.4) is 0 Å². The molecule has 0 radical (unpaired) electrons. The number of rotatable bonds is 3. The van der Waals surface area contributed by atoms with Crippen molar-refractivity contribution >= 4 is 11.6 Å². The van der Waals surface area contributed by atoms with Gasteiger partial charge >= 0.3 is 0 Å². The smallest absolute Gasteiger partial charge is 0.269 e. The minimum Gasteiger partial charge on any atom is -0.357 e. The largest absolute Gasteiger partial charge is 0.357 e. The van der Waals surface area contributed by atoms with Crippen molar-refractivity contribution in [2.24, 2.45) is 5.73 Å². The Hall–Kier alpha value is -1.95. The third kappa shape index (κ3) is 2.17. The third-order valence-corrected chi connectivity index (χ3v) is 2.36. The molecule has 1 rings (SSSR count). The molecule has 16 heavy (non-hydrogen) atoms. The fourth-order valence-electron chi connectivity index (χ4n) is 1.33. The summed E-state index contributed by atoms with van der Waals surface area (Å²) in [6.45, 7) is 1.50. The van der Waals surface area contributed by atoms with Crippen LogP contribution in [-0.4, -0.2) is 17.9 Å². The Balaban J connectivity index is 3.18. The number of nitrogens with zero attached hydrogens (tertiary/aromatic N) is 1. The number of non-ortho nitro benzene ring substituents is 1. The minimum absolute atomic E-state index is 0.0851. The number of nitrogens with one attached hydrogen (secondary N) is 1. The summed E-state index contributed by atoms with van der Waals surface area (Å²) in [6.07, 6.45) is 0. The van der Waals surface area contributed by atoms with Crippen molar-refractivity contribution in [3.05, 3.63) is 39.9 Å². The van der Waals surface area contributed by atoms with Crippen LogP contribution >= 0.6 is 0 Å². The monoisotopic (exact) mass is 223 g/mol. The van der Waals surface area contributed by atoms with E-state index in [0.29, 0.717) is 5.56 Å². The Labute approximate surface area is 92.6 Å². The Morgan fingerprint density at radius 2 is 2.19 bits per heavy atom. The minimum atomic E-state index is -1.28. The van der Waals surface area contributed by atoms with Gasteiger partial charge in [0.25, 0.3) is 5.69 Å². The zero-order valence-corrected chi connectivity index (χ0v) is 9.06. The number of nitrogens with two attached hydrogens (primary N) is 1. The topological polar surface area (TPSA) is 98.3 Å². The van der Waals surface area contributed by atoms with Crippen molar-refractivity contribution in [2.45, 2.75) is 12.5 Å². The van der Waals surface area contributed by atoms with Crippen LogP contribution < -0.4 is 11.1 Å². The lowest BCUT2D eigenvalue weighted by Gasteiger charge is -2.22. The van der Waals surface area contributed by atoms with Crippen molar-refractivity contribution in [3.8, 4) is 0 Å². The number of carbonyl (C=O) groups excluding carboxylic acids is 1. The van der Waals surface area contributed by atoms with Crippen molar-refractivity contribution in [1.82, 2.24) is 5.32 Å². The highest BCUT2D eigenvalue weighted by Crippen LogP contribution is 2.22. The molecule has 0 heterocycles. The van der Waals surface area contributed by atoms with Gasteiger partial charge in [-0.3, -0.25) is 14.9 Å². The zero-order valence-electron chi connectivity index (χ0n) is 9.06. The fraction of sp³-hybridized carbons (Fsp3) is 0.300. The maximum atomic E-state index is 11.5. The normalized spacial score (nSPS) is 13.9. The molecule has 1 unspecified atom stereocenters. The highest BCUT2D eigenvalue weighted by Gasteiger charge is 2.30. The molecule has 6 nitrogen and oxygen atoms in total. The van der Waals surface area contributed by atoms with Crippen LogP contribution in [0.5, 0.6) is 0 Å². The summed E-state index contributed by atoms with van der Waals surface area (Å²) in [5, 5.41) is 13.0. The van der Waals surface area contributed by atoms with E-state index in [1.54, 1.807) is 6.07 Å². The van der Waals surface area contributed by atoms with Gasteiger partial charge in [-0.2, -0.15) is 0 Å². The summed E-state index contributed by atoms with van der Waals surface area (Å²) in [6, 6.07) is 5.74. The average molecular weight is 223 g/mol. The Bertz CT molecular complexity index is 429. The van der Waals surface area contributed by atoms with Crippen LogP contribution in [0.1, 0.15) is 12.5 Å². The van der Waals surface area contributed by atoms with Gasteiger partial charge in [0.1, 0.15) is 5.54 Å². The van der Waals surface area contributed by atoms with Crippen molar-refractivity contribution < 1.29 is 9.72 Å². The number of nitro benzene ring substituents is 1. The first-order valence-corrected chi connectivity index (χ1v) is 4.65. The van der Waals surface area contributed by atoms with E-state index >= 15 is 0 Å². The number of likely N-dealkylation sites (N-methyl/N-ethyl adjacent to an activating group) is 1. The number of carbonyl (C=O) groups is 1. The summed E-state index contributed by atoms with van der Waals surface area (Å²) < 4.78 is 0. The van der Waals surface area contributed by atoms with Crippen LogP contribution in [0.2, 0.25) is 0 Å². The molecule has 86 valence electrons. The molecule has 1 amide bonds. The highest BCUT2D eigenvalue weighted by molar-refractivity contribution is 5.86. The Kier molecular flexibility index (Phi) is 3.24.